The van der Waals surface area contributed by atoms with E-state index in [0.29, 0.717) is 50.9 Å². The molecule has 57 heavy (non-hydrogen) atoms. The highest BCUT2D eigenvalue weighted by atomic mass is 16.8. The second-order valence-electron chi connectivity index (χ2n) is 19.8. The number of aliphatic hydroxyl groups is 2. The third-order valence-electron chi connectivity index (χ3n) is 15.2. The van der Waals surface area contributed by atoms with Crippen LogP contribution in [0.3, 0.4) is 0 Å². The quantitative estimate of drug-likeness (QED) is 0.122. The number of carboxylic acids is 1. The van der Waals surface area contributed by atoms with Crippen LogP contribution in [-0.4, -0.2) is 99.1 Å². The normalized spacial score (nSPS) is 43.9. The molecule has 0 radical (unpaired) electrons. The van der Waals surface area contributed by atoms with Crippen LogP contribution in [0.15, 0.2) is 12.2 Å². The first-order valence-electron chi connectivity index (χ1n) is 22.7. The predicted molar refractivity (Wildman–Crippen MR) is 219 cm³/mol. The topological polar surface area (TPSA) is 153 Å². The van der Waals surface area contributed by atoms with Crippen molar-refractivity contribution in [3.05, 3.63) is 12.2 Å². The fraction of sp³-hybridized carbons (Fsp3) is 0.913. The lowest BCUT2D eigenvalue weighted by Gasteiger charge is -2.55. The number of rotatable bonds is 15. The standard InChI is InChI=1S/C46H79NO10/c1-13-33(42(50)51)35-17-16-27(6)40(54-35)31(10)38(48)30(9)39(49)34(14-2)41-28(7)24-29(8)45(55-41)21-18-36(47-25-26(4)5)46(57-45)23-22-43(12,56-46)37-19-20-44(52,15-3)32(11)53-37/h18,21,26-38,40-41,47-48,52H,13-17,19-20,22-25H2,1-12H3,(H,50,51)/t27-,28-,29+,30-,31-,32-,33?,34-,35+,36+,37+,38+,40?,41-,43-,44+,45-,46-/m0/s1. The van der Waals surface area contributed by atoms with Crippen molar-refractivity contribution in [2.75, 3.05) is 6.54 Å². The summed E-state index contributed by atoms with van der Waals surface area (Å²) < 4.78 is 34.7. The largest absolute Gasteiger partial charge is 0.481 e. The number of Topliss-reactive ketones (excluding diaryl/α,β-unsaturated/α-hetero) is 1. The minimum Gasteiger partial charge on any atom is -0.481 e. The number of carbonyl (C=O) groups is 2. The summed E-state index contributed by atoms with van der Waals surface area (Å²) in [7, 11) is 0. The van der Waals surface area contributed by atoms with E-state index in [1.54, 1.807) is 0 Å². The number of carbonyl (C=O) groups excluding carboxylic acids is 1. The Kier molecular flexibility index (Phi) is 14.9. The number of ketones is 1. The van der Waals surface area contributed by atoms with Gasteiger partial charge in [0.1, 0.15) is 5.78 Å². The van der Waals surface area contributed by atoms with Crippen molar-refractivity contribution >= 4 is 11.8 Å². The Morgan fingerprint density at radius 2 is 1.56 bits per heavy atom. The molecular formula is C46H79NO10. The van der Waals surface area contributed by atoms with Gasteiger partial charge in [-0.15, -0.1) is 0 Å². The van der Waals surface area contributed by atoms with Crippen LogP contribution in [0.4, 0.5) is 0 Å². The van der Waals surface area contributed by atoms with Gasteiger partial charge in [-0.3, -0.25) is 9.59 Å². The predicted octanol–water partition coefficient (Wildman–Crippen LogP) is 7.44. The molecule has 0 aliphatic carbocycles. The van der Waals surface area contributed by atoms with E-state index in [0.717, 1.165) is 25.8 Å². The van der Waals surface area contributed by atoms with Crippen LogP contribution < -0.4 is 5.32 Å². The molecule has 0 amide bonds. The molecule has 4 saturated heterocycles. The highest BCUT2D eigenvalue weighted by Crippen LogP contribution is 2.54. The number of nitrogens with one attached hydrogen (secondary N) is 1. The van der Waals surface area contributed by atoms with Crippen molar-refractivity contribution in [2.24, 2.45) is 47.3 Å². The molecule has 0 aromatic heterocycles. The van der Waals surface area contributed by atoms with E-state index in [4.69, 9.17) is 23.7 Å². The summed E-state index contributed by atoms with van der Waals surface area (Å²) in [6.07, 6.45) is 8.08. The summed E-state index contributed by atoms with van der Waals surface area (Å²) >= 11 is 0. The van der Waals surface area contributed by atoms with Gasteiger partial charge in [-0.2, -0.15) is 0 Å². The van der Waals surface area contributed by atoms with Crippen LogP contribution >= 0.6 is 0 Å². The van der Waals surface area contributed by atoms with Crippen LogP contribution in [0, 0.1) is 47.3 Å². The molecule has 4 N–H and O–H groups in total. The molecule has 0 bridgehead atoms. The maximum Gasteiger partial charge on any atom is 0.309 e. The molecule has 5 aliphatic heterocycles. The molecule has 11 heteroatoms. The Labute approximate surface area is 343 Å². The second-order valence-corrected chi connectivity index (χ2v) is 19.8. The fourth-order valence-electron chi connectivity index (χ4n) is 11.1. The van der Waals surface area contributed by atoms with Gasteiger partial charge in [0.2, 0.25) is 0 Å². The Hall–Kier alpha value is -1.44. The van der Waals surface area contributed by atoms with Crippen molar-refractivity contribution in [3.8, 4) is 0 Å². The Balaban J connectivity index is 1.36. The summed E-state index contributed by atoms with van der Waals surface area (Å²) in [5.41, 5.74) is -1.49. The van der Waals surface area contributed by atoms with Gasteiger partial charge in [0.05, 0.1) is 59.8 Å². The van der Waals surface area contributed by atoms with Crippen LogP contribution in [0.25, 0.3) is 0 Å². The molecule has 2 unspecified atom stereocenters. The molecule has 2 spiro atoms. The molecule has 5 aliphatic rings. The van der Waals surface area contributed by atoms with Crippen molar-refractivity contribution in [1.29, 1.82) is 0 Å². The molecular weight excluding hydrogens is 727 g/mol. The lowest BCUT2D eigenvalue weighted by atomic mass is 9.72. The summed E-state index contributed by atoms with van der Waals surface area (Å²) in [5, 5.41) is 36.6. The lowest BCUT2D eigenvalue weighted by molar-refractivity contribution is -0.398. The summed E-state index contributed by atoms with van der Waals surface area (Å²) in [5.74, 6) is -4.66. The van der Waals surface area contributed by atoms with E-state index in [2.05, 4.69) is 59.0 Å². The van der Waals surface area contributed by atoms with Crippen molar-refractivity contribution in [1.82, 2.24) is 5.32 Å². The molecule has 18 atom stereocenters. The Morgan fingerprint density at radius 3 is 2.16 bits per heavy atom. The SMILES string of the molecule is CCC(C(=O)O)[C@H]1CC[C@H](C)C([C@@H](C)[C@H](O)[C@H](C)C(=O)[C@H](CC)[C@H]2O[C@]3(C=C[C@@H](NCC(C)C)[C@]4(CC[C@@](C)([C@H]5CC[C@](O)(CC)[C@H](C)O5)O4)O3)[C@H](C)C[C@@H]2C)O1. The zero-order chi connectivity index (χ0) is 42.2. The molecule has 0 aromatic rings. The summed E-state index contributed by atoms with van der Waals surface area (Å²) in [4.78, 5) is 26.6. The molecule has 0 saturated carbocycles. The van der Waals surface area contributed by atoms with Gasteiger partial charge >= 0.3 is 5.97 Å². The maximum absolute atomic E-state index is 14.6. The van der Waals surface area contributed by atoms with E-state index in [-0.39, 0.29) is 53.8 Å². The first-order valence-corrected chi connectivity index (χ1v) is 22.7. The van der Waals surface area contributed by atoms with Crippen LogP contribution in [0.5, 0.6) is 0 Å². The van der Waals surface area contributed by atoms with Gasteiger partial charge in [-0.05, 0) is 102 Å². The van der Waals surface area contributed by atoms with Crippen molar-refractivity contribution < 1.29 is 48.6 Å². The first-order chi connectivity index (χ1) is 26.7. The van der Waals surface area contributed by atoms with Gasteiger partial charge in [-0.25, -0.2) is 0 Å². The molecule has 5 rings (SSSR count). The van der Waals surface area contributed by atoms with E-state index in [9.17, 15) is 24.9 Å². The molecule has 5 heterocycles. The third-order valence-corrected chi connectivity index (χ3v) is 15.2. The van der Waals surface area contributed by atoms with Crippen LogP contribution in [-0.2, 0) is 33.3 Å². The lowest BCUT2D eigenvalue weighted by Crippen LogP contribution is -2.65. The van der Waals surface area contributed by atoms with Crippen LogP contribution in [0.1, 0.15) is 147 Å². The van der Waals surface area contributed by atoms with E-state index < -0.39 is 64.8 Å². The average Bonchev–Trinajstić information content (AvgIpc) is 3.51. The monoisotopic (exact) mass is 806 g/mol. The minimum atomic E-state index is -1.13. The third kappa shape index (κ3) is 9.26. The number of hydrogen-bond acceptors (Lipinski definition) is 10. The summed E-state index contributed by atoms with van der Waals surface area (Å²) in [6, 6.07) is -0.234. The van der Waals surface area contributed by atoms with E-state index >= 15 is 0 Å². The Morgan fingerprint density at radius 1 is 0.877 bits per heavy atom. The zero-order valence-electron chi connectivity index (χ0n) is 37.3. The highest BCUT2D eigenvalue weighted by molar-refractivity contribution is 5.84. The number of ether oxygens (including phenoxy) is 5. The number of aliphatic carboxylic acids is 1. The smallest absolute Gasteiger partial charge is 0.309 e. The van der Waals surface area contributed by atoms with Crippen molar-refractivity contribution in [2.45, 2.75) is 213 Å². The molecule has 11 nitrogen and oxygen atoms in total. The molecule has 328 valence electrons. The van der Waals surface area contributed by atoms with E-state index in [1.165, 1.54) is 0 Å². The zero-order valence-corrected chi connectivity index (χ0v) is 37.3. The minimum absolute atomic E-state index is 0.0323. The second kappa shape index (κ2) is 18.3. The number of carboxylic acid groups (broad SMARTS) is 1. The van der Waals surface area contributed by atoms with Gasteiger partial charge in [0.25, 0.3) is 0 Å². The molecule has 4 fully saturated rings. The number of hydrogen-bond donors (Lipinski definition) is 4. The Bertz CT molecular complexity index is 1410. The van der Waals surface area contributed by atoms with Gasteiger partial charge in [0, 0.05) is 30.1 Å². The van der Waals surface area contributed by atoms with Crippen LogP contribution in [0.2, 0.25) is 0 Å². The maximum atomic E-state index is 14.6. The van der Waals surface area contributed by atoms with Gasteiger partial charge in [0.15, 0.2) is 11.6 Å². The molecule has 0 aromatic carbocycles. The highest BCUT2D eigenvalue weighted by Gasteiger charge is 2.63. The average molecular weight is 806 g/mol. The van der Waals surface area contributed by atoms with Gasteiger partial charge in [-0.1, -0.05) is 75.3 Å². The van der Waals surface area contributed by atoms with Gasteiger partial charge < -0.3 is 44.3 Å². The number of aliphatic hydroxyl groups excluding tert-OH is 1. The summed E-state index contributed by atoms with van der Waals surface area (Å²) in [6.45, 7) is 25.2. The van der Waals surface area contributed by atoms with Crippen molar-refractivity contribution in [3.63, 3.8) is 0 Å². The first kappa shape index (κ1) is 46.6. The fourth-order valence-corrected chi connectivity index (χ4v) is 11.1. The van der Waals surface area contributed by atoms with E-state index in [1.807, 2.05) is 41.5 Å².